The number of nitrogens with two attached hydrogens (primary N) is 1. The smallest absolute Gasteiger partial charge is 0.332 e. The largest absolute Gasteiger partial charge is 0.394 e. The van der Waals surface area contributed by atoms with Crippen molar-refractivity contribution < 1.29 is 9.63 Å². The predicted octanol–water partition coefficient (Wildman–Crippen LogP) is -1.21. The van der Waals surface area contributed by atoms with Gasteiger partial charge >= 0.3 is 6.03 Å². The van der Waals surface area contributed by atoms with Gasteiger partial charge < -0.3 is 10.6 Å². The maximum atomic E-state index is 10.1. The van der Waals surface area contributed by atoms with Crippen LogP contribution in [0.5, 0.6) is 0 Å². The minimum atomic E-state index is -0.655. The van der Waals surface area contributed by atoms with E-state index in [1.54, 1.807) is 0 Å². The maximum absolute atomic E-state index is 10.1. The van der Waals surface area contributed by atoms with Crippen molar-refractivity contribution >= 4 is 6.03 Å². The standard InChI is InChI=1S/C3H6N4O2/c4-3(8)5-7-1-2-9-6-7/h1-2,6H,(H3,4,5,8). The first-order valence-corrected chi connectivity index (χ1v) is 2.22. The van der Waals surface area contributed by atoms with Gasteiger partial charge in [-0.05, 0) is 5.59 Å². The first-order chi connectivity index (χ1) is 4.29. The second-order valence-electron chi connectivity index (χ2n) is 1.34. The number of hydrazine groups is 2. The van der Waals surface area contributed by atoms with Crippen molar-refractivity contribution in [2.24, 2.45) is 5.73 Å². The van der Waals surface area contributed by atoms with Crippen molar-refractivity contribution in [2.75, 3.05) is 0 Å². The van der Waals surface area contributed by atoms with Crippen molar-refractivity contribution in [3.8, 4) is 0 Å². The Morgan fingerprint density at radius 3 is 3.11 bits per heavy atom. The van der Waals surface area contributed by atoms with E-state index in [1.165, 1.54) is 17.6 Å². The highest BCUT2D eigenvalue weighted by molar-refractivity contribution is 5.70. The summed E-state index contributed by atoms with van der Waals surface area (Å²) in [7, 11) is 0. The highest BCUT2D eigenvalue weighted by Crippen LogP contribution is 1.87. The normalized spacial score (nSPS) is 15.3. The number of hydrogen-bond acceptors (Lipinski definition) is 4. The van der Waals surface area contributed by atoms with E-state index < -0.39 is 6.03 Å². The fourth-order valence-electron chi connectivity index (χ4n) is 0.388. The van der Waals surface area contributed by atoms with Gasteiger partial charge in [-0.2, -0.15) is 5.12 Å². The van der Waals surface area contributed by atoms with Gasteiger partial charge in [-0.1, -0.05) is 0 Å². The summed E-state index contributed by atoms with van der Waals surface area (Å²) in [5.74, 6) is 0. The molecule has 6 nitrogen and oxygen atoms in total. The van der Waals surface area contributed by atoms with Gasteiger partial charge in [0.2, 0.25) is 0 Å². The van der Waals surface area contributed by atoms with Crippen LogP contribution in [0.15, 0.2) is 12.5 Å². The van der Waals surface area contributed by atoms with Crippen LogP contribution < -0.4 is 16.7 Å². The molecule has 0 atom stereocenters. The molecule has 0 aromatic rings. The fraction of sp³-hybridized carbons (Fsp3) is 0. The molecule has 0 bridgehead atoms. The SMILES string of the molecule is NC(=O)NN1C=CON1. The summed E-state index contributed by atoms with van der Waals surface area (Å²) < 4.78 is 0. The molecule has 0 unspecified atom stereocenters. The summed E-state index contributed by atoms with van der Waals surface area (Å²) in [6.07, 6.45) is 2.82. The molecule has 0 radical (unpaired) electrons. The van der Waals surface area contributed by atoms with Crippen LogP contribution in [-0.4, -0.2) is 11.1 Å². The van der Waals surface area contributed by atoms with Gasteiger partial charge in [0.1, 0.15) is 6.26 Å². The van der Waals surface area contributed by atoms with E-state index >= 15 is 0 Å². The van der Waals surface area contributed by atoms with E-state index in [0.717, 1.165) is 0 Å². The van der Waals surface area contributed by atoms with E-state index in [1.807, 2.05) is 0 Å². The second kappa shape index (κ2) is 2.23. The Balaban J connectivity index is 2.28. The lowest BCUT2D eigenvalue weighted by Crippen LogP contribution is -2.46. The fourth-order valence-corrected chi connectivity index (χ4v) is 0.388. The van der Waals surface area contributed by atoms with Gasteiger partial charge in [0.05, 0.1) is 6.20 Å². The third-order valence-electron chi connectivity index (χ3n) is 0.660. The van der Waals surface area contributed by atoms with Crippen LogP contribution in [0, 0.1) is 0 Å². The molecular weight excluding hydrogens is 124 g/mol. The van der Waals surface area contributed by atoms with Crippen molar-refractivity contribution in [3.63, 3.8) is 0 Å². The van der Waals surface area contributed by atoms with Crippen LogP contribution in [0.3, 0.4) is 0 Å². The zero-order valence-electron chi connectivity index (χ0n) is 4.50. The summed E-state index contributed by atoms with van der Waals surface area (Å²) >= 11 is 0. The van der Waals surface area contributed by atoms with E-state index in [0.29, 0.717) is 0 Å². The van der Waals surface area contributed by atoms with Gasteiger partial charge in [0.25, 0.3) is 0 Å². The van der Waals surface area contributed by atoms with Crippen LogP contribution in [0.1, 0.15) is 0 Å². The highest BCUT2D eigenvalue weighted by atomic mass is 16.7. The van der Waals surface area contributed by atoms with E-state index in [2.05, 4.69) is 15.9 Å². The maximum Gasteiger partial charge on any atom is 0.332 e. The summed E-state index contributed by atoms with van der Waals surface area (Å²) in [6, 6.07) is -0.655. The lowest BCUT2D eigenvalue weighted by atomic mass is 11.0. The first-order valence-electron chi connectivity index (χ1n) is 2.22. The lowest BCUT2D eigenvalue weighted by molar-refractivity contribution is 0.0144. The molecule has 1 aliphatic rings. The van der Waals surface area contributed by atoms with Gasteiger partial charge in [0.15, 0.2) is 0 Å². The quantitative estimate of drug-likeness (QED) is 0.416. The zero-order chi connectivity index (χ0) is 6.69. The Morgan fingerprint density at radius 1 is 1.89 bits per heavy atom. The second-order valence-corrected chi connectivity index (χ2v) is 1.34. The Hall–Kier alpha value is -1.43. The van der Waals surface area contributed by atoms with Crippen LogP contribution in [0.25, 0.3) is 0 Å². The third kappa shape index (κ3) is 1.50. The topological polar surface area (TPSA) is 79.6 Å². The Morgan fingerprint density at radius 2 is 2.67 bits per heavy atom. The summed E-state index contributed by atoms with van der Waals surface area (Å²) in [4.78, 5) is 14.6. The molecule has 0 aromatic carbocycles. The van der Waals surface area contributed by atoms with Crippen LogP contribution in [-0.2, 0) is 4.84 Å². The molecule has 0 fully saturated rings. The number of rotatable bonds is 1. The highest BCUT2D eigenvalue weighted by Gasteiger charge is 2.03. The molecule has 9 heavy (non-hydrogen) atoms. The average molecular weight is 130 g/mol. The first kappa shape index (κ1) is 5.70. The molecule has 0 saturated carbocycles. The molecule has 0 aliphatic carbocycles. The number of nitrogens with one attached hydrogen (secondary N) is 2. The van der Waals surface area contributed by atoms with Crippen LogP contribution >= 0.6 is 0 Å². The van der Waals surface area contributed by atoms with E-state index in [4.69, 9.17) is 5.73 Å². The number of urea groups is 1. The minimum Gasteiger partial charge on any atom is -0.394 e. The molecule has 2 amide bonds. The van der Waals surface area contributed by atoms with Crippen molar-refractivity contribution in [3.05, 3.63) is 12.5 Å². The molecule has 1 rings (SSSR count). The van der Waals surface area contributed by atoms with Gasteiger partial charge in [-0.3, -0.25) is 0 Å². The number of primary amides is 1. The Labute approximate surface area is 51.1 Å². The predicted molar refractivity (Wildman–Crippen MR) is 27.9 cm³/mol. The summed E-state index contributed by atoms with van der Waals surface area (Å²) in [5.41, 5.74) is 9.24. The molecule has 4 N–H and O–H groups in total. The number of carbonyl (C=O) groups excluding carboxylic acids is 1. The number of hydrogen-bond donors (Lipinski definition) is 3. The third-order valence-corrected chi connectivity index (χ3v) is 0.660. The summed E-state index contributed by atoms with van der Waals surface area (Å²) in [5, 5.41) is 1.18. The number of nitrogens with zero attached hydrogens (tertiary/aromatic N) is 1. The summed E-state index contributed by atoms with van der Waals surface area (Å²) in [6.45, 7) is 0. The molecule has 0 spiro atoms. The molecule has 6 heteroatoms. The zero-order valence-corrected chi connectivity index (χ0v) is 4.50. The molecule has 0 saturated heterocycles. The average Bonchev–Trinajstić information content (AvgIpc) is 2.15. The Bertz CT molecular complexity index is 145. The molecule has 1 aliphatic heterocycles. The Kier molecular flexibility index (Phi) is 1.41. The van der Waals surface area contributed by atoms with Crippen LogP contribution in [0.2, 0.25) is 0 Å². The number of amides is 2. The molecule has 1 heterocycles. The molecule has 50 valence electrons. The minimum absolute atomic E-state index is 0.655. The monoisotopic (exact) mass is 130 g/mol. The lowest BCUT2D eigenvalue weighted by Gasteiger charge is -2.11. The van der Waals surface area contributed by atoms with Crippen molar-refractivity contribution in [2.45, 2.75) is 0 Å². The number of carbonyl (C=O) groups is 1. The van der Waals surface area contributed by atoms with E-state index in [9.17, 15) is 4.79 Å². The van der Waals surface area contributed by atoms with Gasteiger partial charge in [-0.25, -0.2) is 10.2 Å². The van der Waals surface area contributed by atoms with Gasteiger partial charge in [0, 0.05) is 0 Å². The van der Waals surface area contributed by atoms with Gasteiger partial charge in [-0.15, -0.1) is 0 Å². The van der Waals surface area contributed by atoms with Crippen molar-refractivity contribution in [1.29, 1.82) is 0 Å². The molecular formula is C3H6N4O2. The molecule has 0 aromatic heterocycles. The van der Waals surface area contributed by atoms with E-state index in [-0.39, 0.29) is 0 Å². The van der Waals surface area contributed by atoms with Crippen LogP contribution in [0.4, 0.5) is 4.79 Å². The van der Waals surface area contributed by atoms with Crippen molar-refractivity contribution in [1.82, 2.24) is 16.1 Å².